The molecule has 0 aliphatic carbocycles. The number of furan rings is 1. The van der Waals surface area contributed by atoms with E-state index in [-0.39, 0.29) is 12.5 Å². The molecule has 0 spiro atoms. The van der Waals surface area contributed by atoms with Crippen molar-refractivity contribution in [1.82, 2.24) is 5.32 Å². The second kappa shape index (κ2) is 6.35. The number of carbonyl (C=O) groups is 3. The Hall–Kier alpha value is -2.93. The molecule has 2 aliphatic heterocycles. The average Bonchev–Trinajstić information content (AvgIpc) is 3.34. The van der Waals surface area contributed by atoms with Crippen LogP contribution < -0.4 is 10.2 Å². The van der Waals surface area contributed by atoms with Crippen LogP contribution in [-0.2, 0) is 19.1 Å². The van der Waals surface area contributed by atoms with Crippen molar-refractivity contribution < 1.29 is 23.5 Å². The summed E-state index contributed by atoms with van der Waals surface area (Å²) in [6.45, 7) is 3.50. The van der Waals surface area contributed by atoms with Gasteiger partial charge in [-0.05, 0) is 38.1 Å². The minimum atomic E-state index is -1.32. The Morgan fingerprint density at radius 3 is 2.56 bits per heavy atom. The predicted octanol–water partition coefficient (Wildman–Crippen LogP) is 2.05. The van der Waals surface area contributed by atoms with E-state index in [9.17, 15) is 14.4 Å². The molecule has 1 aromatic carbocycles. The molecule has 7 nitrogen and oxygen atoms in total. The second-order valence-corrected chi connectivity index (χ2v) is 6.91. The van der Waals surface area contributed by atoms with Gasteiger partial charge in [0.2, 0.25) is 11.8 Å². The number of nitrogens with zero attached hydrogens (tertiary/aromatic N) is 1. The van der Waals surface area contributed by atoms with Crippen LogP contribution in [0.25, 0.3) is 0 Å². The monoisotopic (exact) mass is 368 g/mol. The van der Waals surface area contributed by atoms with Gasteiger partial charge in [-0.15, -0.1) is 0 Å². The topological polar surface area (TPSA) is 88.8 Å². The second-order valence-electron chi connectivity index (χ2n) is 6.91. The number of benzene rings is 1. The summed E-state index contributed by atoms with van der Waals surface area (Å²) in [5.74, 6) is -2.43. The van der Waals surface area contributed by atoms with Crippen LogP contribution in [0.15, 0.2) is 53.1 Å². The number of para-hydroxylation sites is 1. The van der Waals surface area contributed by atoms with Crippen molar-refractivity contribution in [2.75, 3.05) is 11.5 Å². The van der Waals surface area contributed by atoms with E-state index in [1.54, 1.807) is 50.2 Å². The molecular formula is C20H20N2O5. The van der Waals surface area contributed by atoms with Gasteiger partial charge in [0.25, 0.3) is 0 Å². The zero-order valence-corrected chi connectivity index (χ0v) is 15.0. The third-order valence-corrected chi connectivity index (χ3v) is 5.35. The summed E-state index contributed by atoms with van der Waals surface area (Å²) in [6.07, 6.45) is 1.50. The Labute approximate surface area is 156 Å². The van der Waals surface area contributed by atoms with E-state index >= 15 is 0 Å². The molecule has 140 valence electrons. The van der Waals surface area contributed by atoms with E-state index in [2.05, 4.69) is 5.32 Å². The number of hydrogen-bond acceptors (Lipinski definition) is 6. The van der Waals surface area contributed by atoms with E-state index in [0.29, 0.717) is 11.4 Å². The summed E-state index contributed by atoms with van der Waals surface area (Å²) < 4.78 is 10.7. The normalized spacial score (nSPS) is 29.9. The van der Waals surface area contributed by atoms with Crippen molar-refractivity contribution in [2.45, 2.75) is 25.4 Å². The van der Waals surface area contributed by atoms with Crippen molar-refractivity contribution >= 4 is 23.5 Å². The number of hydrogen-bond donors (Lipinski definition) is 1. The van der Waals surface area contributed by atoms with Crippen LogP contribution in [0.4, 0.5) is 5.69 Å². The van der Waals surface area contributed by atoms with Crippen LogP contribution in [-0.4, -0.2) is 29.9 Å². The Balaban J connectivity index is 1.81. The minimum absolute atomic E-state index is 0.184. The molecule has 1 N–H and O–H groups in total. The smallest absolute Gasteiger partial charge is 0.326 e. The van der Waals surface area contributed by atoms with E-state index < -0.39 is 35.3 Å². The van der Waals surface area contributed by atoms with Crippen molar-refractivity contribution in [1.29, 1.82) is 0 Å². The fourth-order valence-electron chi connectivity index (χ4n) is 4.15. The maximum Gasteiger partial charge on any atom is 0.326 e. The predicted molar refractivity (Wildman–Crippen MR) is 95.5 cm³/mol. The van der Waals surface area contributed by atoms with Crippen molar-refractivity contribution in [2.24, 2.45) is 11.8 Å². The number of ether oxygens (including phenoxy) is 1. The Morgan fingerprint density at radius 1 is 1.19 bits per heavy atom. The zero-order chi connectivity index (χ0) is 19.2. The largest absolute Gasteiger partial charge is 0.468 e. The highest BCUT2D eigenvalue weighted by Crippen LogP contribution is 2.49. The first kappa shape index (κ1) is 17.5. The molecule has 4 rings (SSSR count). The van der Waals surface area contributed by atoms with E-state index in [0.717, 1.165) is 0 Å². The number of esters is 1. The maximum atomic E-state index is 13.3. The van der Waals surface area contributed by atoms with Crippen molar-refractivity contribution in [3.63, 3.8) is 0 Å². The fraction of sp³-hybridized carbons (Fsp3) is 0.350. The summed E-state index contributed by atoms with van der Waals surface area (Å²) in [6, 6.07) is 11.6. The summed E-state index contributed by atoms with van der Waals surface area (Å²) >= 11 is 0. The summed E-state index contributed by atoms with van der Waals surface area (Å²) in [4.78, 5) is 40.4. The molecular weight excluding hydrogens is 348 g/mol. The summed E-state index contributed by atoms with van der Waals surface area (Å²) in [5.41, 5.74) is -0.833. The van der Waals surface area contributed by atoms with Crippen LogP contribution in [0.3, 0.4) is 0 Å². The van der Waals surface area contributed by atoms with Gasteiger partial charge in [0, 0.05) is 0 Å². The number of fused-ring (bicyclic) bond motifs is 1. The lowest BCUT2D eigenvalue weighted by molar-refractivity contribution is -0.153. The molecule has 4 atom stereocenters. The van der Waals surface area contributed by atoms with Gasteiger partial charge in [-0.1, -0.05) is 18.2 Å². The maximum absolute atomic E-state index is 13.3. The standard InChI is InChI=1S/C20H20N2O5/c1-3-26-19(25)20(2)15-14(16(21-20)13-10-7-11-27-13)17(23)22(18(15)24)12-8-5-4-6-9-12/h4-11,14-16,21H,3H2,1-2H3/t14-,15+,16-,20-/m0/s1. The first-order valence-corrected chi connectivity index (χ1v) is 8.90. The fourth-order valence-corrected chi connectivity index (χ4v) is 4.15. The number of nitrogens with one attached hydrogen (secondary N) is 1. The number of rotatable bonds is 4. The van der Waals surface area contributed by atoms with E-state index in [1.165, 1.54) is 11.2 Å². The quantitative estimate of drug-likeness (QED) is 0.656. The van der Waals surface area contributed by atoms with Crippen molar-refractivity contribution in [3.05, 3.63) is 54.5 Å². The molecule has 0 saturated carbocycles. The highest BCUT2D eigenvalue weighted by molar-refractivity contribution is 6.24. The van der Waals surface area contributed by atoms with Gasteiger partial charge in [-0.3, -0.25) is 19.7 Å². The van der Waals surface area contributed by atoms with Gasteiger partial charge in [0.05, 0.1) is 36.4 Å². The van der Waals surface area contributed by atoms with Gasteiger partial charge in [0.15, 0.2) is 0 Å². The number of anilines is 1. The Morgan fingerprint density at radius 2 is 1.93 bits per heavy atom. The highest BCUT2D eigenvalue weighted by atomic mass is 16.5. The number of carbonyl (C=O) groups excluding carboxylic acids is 3. The van der Waals surface area contributed by atoms with Gasteiger partial charge in [0.1, 0.15) is 11.3 Å². The first-order chi connectivity index (χ1) is 13.0. The average molecular weight is 368 g/mol. The van der Waals surface area contributed by atoms with Crippen LogP contribution in [0.5, 0.6) is 0 Å². The van der Waals surface area contributed by atoms with Crippen molar-refractivity contribution in [3.8, 4) is 0 Å². The molecule has 0 unspecified atom stereocenters. The molecule has 1 aromatic heterocycles. The molecule has 0 radical (unpaired) electrons. The first-order valence-electron chi connectivity index (χ1n) is 8.90. The van der Waals surface area contributed by atoms with Crippen LogP contribution in [0, 0.1) is 11.8 Å². The molecule has 2 aromatic rings. The molecule has 2 amide bonds. The van der Waals surface area contributed by atoms with Gasteiger partial charge < -0.3 is 9.15 Å². The van der Waals surface area contributed by atoms with Crippen LogP contribution in [0.2, 0.25) is 0 Å². The zero-order valence-electron chi connectivity index (χ0n) is 15.0. The Bertz CT molecular complexity index is 879. The van der Waals surface area contributed by atoms with Crippen LogP contribution >= 0.6 is 0 Å². The summed E-state index contributed by atoms with van der Waals surface area (Å²) in [5, 5.41) is 3.15. The molecule has 2 saturated heterocycles. The summed E-state index contributed by atoms with van der Waals surface area (Å²) in [7, 11) is 0. The van der Waals surface area contributed by atoms with Gasteiger partial charge in [-0.25, -0.2) is 4.90 Å². The van der Waals surface area contributed by atoms with E-state index in [4.69, 9.17) is 9.15 Å². The van der Waals surface area contributed by atoms with Gasteiger partial charge >= 0.3 is 5.97 Å². The lowest BCUT2D eigenvalue weighted by Crippen LogP contribution is -2.54. The Kier molecular flexibility index (Phi) is 4.11. The third-order valence-electron chi connectivity index (χ3n) is 5.35. The molecule has 2 aliphatic rings. The lowest BCUT2D eigenvalue weighted by atomic mass is 9.81. The minimum Gasteiger partial charge on any atom is -0.468 e. The van der Waals surface area contributed by atoms with Gasteiger partial charge in [-0.2, -0.15) is 0 Å². The molecule has 0 bridgehead atoms. The molecule has 2 fully saturated rings. The number of amides is 2. The molecule has 3 heterocycles. The number of imide groups is 1. The lowest BCUT2D eigenvalue weighted by Gasteiger charge is -2.28. The molecule has 27 heavy (non-hydrogen) atoms. The van der Waals surface area contributed by atoms with Crippen LogP contribution in [0.1, 0.15) is 25.6 Å². The molecule has 7 heteroatoms. The SMILES string of the molecule is CCOC(=O)[C@@]1(C)N[C@@H](c2ccco2)[C@H]2C(=O)N(c3ccccc3)C(=O)[C@@H]21. The third kappa shape index (κ3) is 2.49. The highest BCUT2D eigenvalue weighted by Gasteiger charge is 2.67. The van der Waals surface area contributed by atoms with E-state index in [1.807, 2.05) is 6.07 Å².